The van der Waals surface area contributed by atoms with Gasteiger partial charge in [-0.05, 0) is 55.8 Å². The average molecular weight is 460 g/mol. The molecule has 9 heteroatoms. The van der Waals surface area contributed by atoms with Gasteiger partial charge in [0.25, 0.3) is 0 Å². The minimum atomic E-state index is -0.605. The van der Waals surface area contributed by atoms with Crippen molar-refractivity contribution in [1.82, 2.24) is 0 Å². The van der Waals surface area contributed by atoms with E-state index in [2.05, 4.69) is 15.0 Å². The summed E-state index contributed by atoms with van der Waals surface area (Å²) in [5, 5.41) is 3.74. The zero-order valence-corrected chi connectivity index (χ0v) is 18.9. The molecule has 0 aliphatic carbocycles. The molecule has 1 saturated heterocycles. The molecule has 31 heavy (non-hydrogen) atoms. The number of carbonyl (C=O) groups is 3. The molecular weight excluding hydrogens is 438 g/mol. The van der Waals surface area contributed by atoms with E-state index in [1.165, 1.54) is 31.0 Å². The Kier molecular flexibility index (Phi) is 7.35. The van der Waals surface area contributed by atoms with Crippen LogP contribution in [-0.4, -0.2) is 41.9 Å². The summed E-state index contributed by atoms with van der Waals surface area (Å²) in [4.78, 5) is 42.7. The summed E-state index contributed by atoms with van der Waals surface area (Å²) in [7, 11) is 1.29. The van der Waals surface area contributed by atoms with Gasteiger partial charge in [0, 0.05) is 23.7 Å². The standard InChI is InChI=1S/C22H22ClN3O4S/c1-4-24-22(25-15-8-5-13(2)17(23)11-15)31-18-12-19(27)26(20(18)28)16-9-6-14(7-10-16)21(29)30-3/h5-11,18H,4,12H2,1-3H3,(H,24,25)/t18-/m0/s1. The van der Waals surface area contributed by atoms with Crippen molar-refractivity contribution in [3.8, 4) is 0 Å². The van der Waals surface area contributed by atoms with E-state index in [4.69, 9.17) is 11.6 Å². The second-order valence-electron chi connectivity index (χ2n) is 6.78. The first kappa shape index (κ1) is 22.8. The van der Waals surface area contributed by atoms with Gasteiger partial charge in [-0.25, -0.2) is 9.69 Å². The van der Waals surface area contributed by atoms with Crippen molar-refractivity contribution in [1.29, 1.82) is 0 Å². The lowest BCUT2D eigenvalue weighted by Gasteiger charge is -2.16. The van der Waals surface area contributed by atoms with E-state index in [9.17, 15) is 14.4 Å². The predicted molar refractivity (Wildman–Crippen MR) is 124 cm³/mol. The Morgan fingerprint density at radius 2 is 1.97 bits per heavy atom. The van der Waals surface area contributed by atoms with Crippen molar-refractivity contribution in [3.63, 3.8) is 0 Å². The van der Waals surface area contributed by atoms with Crippen LogP contribution in [0.25, 0.3) is 0 Å². The van der Waals surface area contributed by atoms with Crippen molar-refractivity contribution in [2.24, 2.45) is 4.99 Å². The van der Waals surface area contributed by atoms with E-state index < -0.39 is 11.2 Å². The zero-order chi connectivity index (χ0) is 22.5. The Balaban J connectivity index is 1.74. The van der Waals surface area contributed by atoms with Gasteiger partial charge < -0.3 is 10.1 Å². The molecule has 162 valence electrons. The summed E-state index contributed by atoms with van der Waals surface area (Å²) in [6, 6.07) is 11.7. The number of halogens is 1. The molecule has 2 amide bonds. The lowest BCUT2D eigenvalue weighted by Crippen LogP contribution is -2.31. The topological polar surface area (TPSA) is 88.1 Å². The summed E-state index contributed by atoms with van der Waals surface area (Å²) in [5.41, 5.74) is 2.47. The number of imide groups is 1. The molecular formula is C22H22ClN3O4S. The number of esters is 1. The molecule has 2 aromatic rings. The first-order valence-corrected chi connectivity index (χ1v) is 10.9. The number of carbonyl (C=O) groups excluding carboxylic acids is 3. The maximum atomic E-state index is 13.0. The van der Waals surface area contributed by atoms with Gasteiger partial charge >= 0.3 is 5.97 Å². The number of hydrogen-bond donors (Lipinski definition) is 1. The van der Waals surface area contributed by atoms with Gasteiger partial charge in [0.1, 0.15) is 5.25 Å². The van der Waals surface area contributed by atoms with Crippen LogP contribution in [-0.2, 0) is 14.3 Å². The fourth-order valence-corrected chi connectivity index (χ4v) is 4.27. The summed E-state index contributed by atoms with van der Waals surface area (Å²) < 4.78 is 4.67. The Labute approximate surface area is 189 Å². The number of aryl methyl sites for hydroxylation is 1. The van der Waals surface area contributed by atoms with Crippen LogP contribution in [0.3, 0.4) is 0 Å². The van der Waals surface area contributed by atoms with Crippen LogP contribution in [0.4, 0.5) is 11.4 Å². The molecule has 0 radical (unpaired) electrons. The number of nitrogens with zero attached hydrogens (tertiary/aromatic N) is 2. The van der Waals surface area contributed by atoms with Crippen LogP contribution < -0.4 is 10.2 Å². The predicted octanol–water partition coefficient (Wildman–Crippen LogP) is 4.29. The van der Waals surface area contributed by atoms with Gasteiger partial charge in [0.15, 0.2) is 5.17 Å². The average Bonchev–Trinajstić information content (AvgIpc) is 3.03. The molecule has 1 atom stereocenters. The molecule has 0 unspecified atom stereocenters. The number of amides is 2. The van der Waals surface area contributed by atoms with E-state index >= 15 is 0 Å². The summed E-state index contributed by atoms with van der Waals surface area (Å²) in [6.45, 7) is 4.32. The second-order valence-corrected chi connectivity index (χ2v) is 8.38. The molecule has 1 aliphatic rings. The third-order valence-corrected chi connectivity index (χ3v) is 6.14. The van der Waals surface area contributed by atoms with Crippen molar-refractivity contribution in [3.05, 3.63) is 58.6 Å². The second kappa shape index (κ2) is 9.98. The molecule has 3 rings (SSSR count). The third kappa shape index (κ3) is 5.26. The van der Waals surface area contributed by atoms with Gasteiger partial charge in [-0.3, -0.25) is 14.6 Å². The quantitative estimate of drug-likeness (QED) is 0.310. The van der Waals surface area contributed by atoms with Crippen molar-refractivity contribution >= 4 is 57.7 Å². The van der Waals surface area contributed by atoms with Crippen molar-refractivity contribution in [2.45, 2.75) is 25.5 Å². The number of aliphatic imine (C=N–C) groups is 1. The van der Waals surface area contributed by atoms with Gasteiger partial charge in [0.05, 0.1) is 18.4 Å². The number of ether oxygens (including phenoxy) is 1. The molecule has 1 aliphatic heterocycles. The number of anilines is 2. The van der Waals surface area contributed by atoms with Crippen LogP contribution >= 0.6 is 23.4 Å². The Morgan fingerprint density at radius 1 is 1.26 bits per heavy atom. The Morgan fingerprint density at radius 3 is 2.58 bits per heavy atom. The molecule has 7 nitrogen and oxygen atoms in total. The Hall–Kier alpha value is -2.84. The number of nitrogens with one attached hydrogen (secondary N) is 1. The van der Waals surface area contributed by atoms with Crippen LogP contribution in [0.15, 0.2) is 47.5 Å². The molecule has 1 fully saturated rings. The molecule has 0 aromatic heterocycles. The van der Waals surface area contributed by atoms with Gasteiger partial charge in [0.2, 0.25) is 11.8 Å². The van der Waals surface area contributed by atoms with Crippen molar-refractivity contribution < 1.29 is 19.1 Å². The summed E-state index contributed by atoms with van der Waals surface area (Å²) >= 11 is 7.41. The summed E-state index contributed by atoms with van der Waals surface area (Å²) in [5.74, 6) is -1.11. The molecule has 1 heterocycles. The lowest BCUT2D eigenvalue weighted by molar-refractivity contribution is -0.121. The largest absolute Gasteiger partial charge is 0.465 e. The lowest BCUT2D eigenvalue weighted by atomic mass is 10.2. The van der Waals surface area contributed by atoms with E-state index in [-0.39, 0.29) is 18.2 Å². The zero-order valence-electron chi connectivity index (χ0n) is 17.3. The van der Waals surface area contributed by atoms with Crippen LogP contribution in [0.2, 0.25) is 5.02 Å². The summed E-state index contributed by atoms with van der Waals surface area (Å²) in [6.07, 6.45) is 0.0569. The first-order chi connectivity index (χ1) is 14.8. The first-order valence-electron chi connectivity index (χ1n) is 9.63. The molecule has 0 saturated carbocycles. The van der Waals surface area contributed by atoms with Crippen LogP contribution in [0.5, 0.6) is 0 Å². The van der Waals surface area contributed by atoms with Gasteiger partial charge in [-0.2, -0.15) is 0 Å². The number of thioether (sulfide) groups is 1. The fourth-order valence-electron chi connectivity index (χ4n) is 3.01. The van der Waals surface area contributed by atoms with E-state index in [1.54, 1.807) is 18.2 Å². The third-order valence-electron chi connectivity index (χ3n) is 4.63. The maximum Gasteiger partial charge on any atom is 0.337 e. The Bertz CT molecular complexity index is 1040. The van der Waals surface area contributed by atoms with Gasteiger partial charge in [-0.1, -0.05) is 29.4 Å². The van der Waals surface area contributed by atoms with Crippen LogP contribution in [0, 0.1) is 6.92 Å². The highest BCUT2D eigenvalue weighted by molar-refractivity contribution is 8.15. The maximum absolute atomic E-state index is 13.0. The molecule has 1 N–H and O–H groups in total. The van der Waals surface area contributed by atoms with Gasteiger partial charge in [-0.15, -0.1) is 0 Å². The highest BCUT2D eigenvalue weighted by Gasteiger charge is 2.40. The fraction of sp³-hybridized carbons (Fsp3) is 0.273. The number of rotatable bonds is 5. The van der Waals surface area contributed by atoms with E-state index in [1.807, 2.05) is 26.0 Å². The monoisotopic (exact) mass is 459 g/mol. The van der Waals surface area contributed by atoms with E-state index in [0.717, 1.165) is 16.2 Å². The number of amidine groups is 1. The number of benzene rings is 2. The van der Waals surface area contributed by atoms with Crippen molar-refractivity contribution in [2.75, 3.05) is 23.9 Å². The number of hydrogen-bond acceptors (Lipinski definition) is 6. The molecule has 0 spiro atoms. The highest BCUT2D eigenvalue weighted by Crippen LogP contribution is 2.31. The van der Waals surface area contributed by atoms with E-state index in [0.29, 0.717) is 28.0 Å². The normalized spacial score (nSPS) is 16.6. The minimum Gasteiger partial charge on any atom is -0.465 e. The molecule has 0 bridgehead atoms. The highest BCUT2D eigenvalue weighted by atomic mass is 35.5. The SMILES string of the molecule is CCN=C(Nc1ccc(C)c(Cl)c1)S[C@H]1CC(=O)N(c2ccc(C(=O)OC)cc2)C1=O. The minimum absolute atomic E-state index is 0.0569. The smallest absolute Gasteiger partial charge is 0.337 e. The van der Waals surface area contributed by atoms with Crippen LogP contribution in [0.1, 0.15) is 29.3 Å². The molecule has 2 aromatic carbocycles. The number of methoxy groups -OCH3 is 1.